The standard InChI is InChI=1S/C24H17F3N2O2/c25-24(26,27)31-21-9-4-6-17(16-21)22-10-5-11-23(29-22)28-18-12-14-20(15-13-18)30-19-7-2-1-3-8-19/h1-16H,(H,28,29). The fourth-order valence-corrected chi connectivity index (χ4v) is 2.90. The van der Waals surface area contributed by atoms with E-state index in [4.69, 9.17) is 4.74 Å². The van der Waals surface area contributed by atoms with E-state index in [1.807, 2.05) is 54.6 Å². The summed E-state index contributed by atoms with van der Waals surface area (Å²) in [6, 6.07) is 27.8. The van der Waals surface area contributed by atoms with Crippen molar-refractivity contribution in [2.24, 2.45) is 0 Å². The van der Waals surface area contributed by atoms with E-state index in [1.165, 1.54) is 18.2 Å². The van der Waals surface area contributed by atoms with Crippen molar-refractivity contribution in [1.82, 2.24) is 4.98 Å². The maximum atomic E-state index is 12.5. The summed E-state index contributed by atoms with van der Waals surface area (Å²) in [5, 5.41) is 3.18. The van der Waals surface area contributed by atoms with Crippen LogP contribution in [-0.4, -0.2) is 11.3 Å². The van der Waals surface area contributed by atoms with Gasteiger partial charge in [-0.15, -0.1) is 13.2 Å². The van der Waals surface area contributed by atoms with Gasteiger partial charge >= 0.3 is 6.36 Å². The van der Waals surface area contributed by atoms with Gasteiger partial charge in [-0.25, -0.2) is 4.98 Å². The van der Waals surface area contributed by atoms with Crippen LogP contribution >= 0.6 is 0 Å². The van der Waals surface area contributed by atoms with Crippen LogP contribution in [0, 0.1) is 0 Å². The van der Waals surface area contributed by atoms with Gasteiger partial charge in [0.2, 0.25) is 0 Å². The number of alkyl halides is 3. The van der Waals surface area contributed by atoms with Crippen LogP contribution in [0.15, 0.2) is 97.1 Å². The van der Waals surface area contributed by atoms with Gasteiger partial charge in [0.05, 0.1) is 5.69 Å². The first-order chi connectivity index (χ1) is 14.9. The largest absolute Gasteiger partial charge is 0.573 e. The average molecular weight is 422 g/mol. The van der Waals surface area contributed by atoms with Crippen molar-refractivity contribution in [3.8, 4) is 28.5 Å². The summed E-state index contributed by atoms with van der Waals surface area (Å²) in [5.41, 5.74) is 1.82. The quantitative estimate of drug-likeness (QED) is 0.357. The molecule has 0 atom stereocenters. The molecular formula is C24H17F3N2O2. The van der Waals surface area contributed by atoms with E-state index in [1.54, 1.807) is 24.3 Å². The van der Waals surface area contributed by atoms with Gasteiger partial charge < -0.3 is 14.8 Å². The Kier molecular flexibility index (Phi) is 5.75. The fourth-order valence-electron chi connectivity index (χ4n) is 2.90. The predicted molar refractivity (Wildman–Crippen MR) is 113 cm³/mol. The number of ether oxygens (including phenoxy) is 2. The molecule has 1 N–H and O–H groups in total. The number of nitrogens with one attached hydrogen (secondary N) is 1. The van der Waals surface area contributed by atoms with E-state index in [0.29, 0.717) is 22.8 Å². The van der Waals surface area contributed by atoms with Gasteiger partial charge in [0, 0.05) is 11.3 Å². The highest BCUT2D eigenvalue weighted by molar-refractivity contribution is 5.65. The molecule has 0 aliphatic heterocycles. The minimum atomic E-state index is -4.74. The maximum Gasteiger partial charge on any atom is 0.573 e. The van der Waals surface area contributed by atoms with Gasteiger partial charge in [-0.3, -0.25) is 0 Å². The van der Waals surface area contributed by atoms with Crippen molar-refractivity contribution in [1.29, 1.82) is 0 Å². The van der Waals surface area contributed by atoms with Crippen LogP contribution in [0.25, 0.3) is 11.3 Å². The lowest BCUT2D eigenvalue weighted by molar-refractivity contribution is -0.274. The molecule has 156 valence electrons. The molecule has 1 aromatic heterocycles. The normalized spacial score (nSPS) is 11.1. The average Bonchev–Trinajstić information content (AvgIpc) is 2.75. The molecule has 0 unspecified atom stereocenters. The minimum absolute atomic E-state index is 0.292. The van der Waals surface area contributed by atoms with Crippen LogP contribution < -0.4 is 14.8 Å². The Balaban J connectivity index is 1.47. The molecule has 4 rings (SSSR count). The Morgan fingerprint density at radius 1 is 0.677 bits per heavy atom. The summed E-state index contributed by atoms with van der Waals surface area (Å²) in [5.74, 6) is 1.70. The van der Waals surface area contributed by atoms with Gasteiger partial charge in [0.25, 0.3) is 0 Å². The lowest BCUT2D eigenvalue weighted by Gasteiger charge is -2.11. The summed E-state index contributed by atoms with van der Waals surface area (Å²) in [4.78, 5) is 4.49. The Hall–Kier alpha value is -4.00. The number of nitrogens with zero attached hydrogens (tertiary/aromatic N) is 1. The molecule has 31 heavy (non-hydrogen) atoms. The summed E-state index contributed by atoms with van der Waals surface area (Å²) in [6.45, 7) is 0. The summed E-state index contributed by atoms with van der Waals surface area (Å²) < 4.78 is 47.2. The van der Waals surface area contributed by atoms with Gasteiger partial charge in [0.1, 0.15) is 23.1 Å². The van der Waals surface area contributed by atoms with Crippen molar-refractivity contribution >= 4 is 11.5 Å². The highest BCUT2D eigenvalue weighted by Gasteiger charge is 2.31. The summed E-state index contributed by atoms with van der Waals surface area (Å²) >= 11 is 0. The highest BCUT2D eigenvalue weighted by atomic mass is 19.4. The van der Waals surface area contributed by atoms with E-state index in [0.717, 1.165) is 11.4 Å². The second-order valence-electron chi connectivity index (χ2n) is 6.55. The van der Waals surface area contributed by atoms with Crippen LogP contribution in [0.2, 0.25) is 0 Å². The summed E-state index contributed by atoms with van der Waals surface area (Å²) in [7, 11) is 0. The third-order valence-electron chi connectivity index (χ3n) is 4.22. The Morgan fingerprint density at radius 2 is 1.35 bits per heavy atom. The fraction of sp³-hybridized carbons (Fsp3) is 0.0417. The molecular weight excluding hydrogens is 405 g/mol. The third kappa shape index (κ3) is 5.76. The highest BCUT2D eigenvalue weighted by Crippen LogP contribution is 2.29. The van der Waals surface area contributed by atoms with Gasteiger partial charge in [-0.2, -0.15) is 0 Å². The molecule has 3 aromatic carbocycles. The SMILES string of the molecule is FC(F)(F)Oc1cccc(-c2cccc(Nc3ccc(Oc4ccccc4)cc3)n2)c1. The molecule has 0 spiro atoms. The number of benzene rings is 3. The number of hydrogen-bond donors (Lipinski definition) is 1. The first kappa shape index (κ1) is 20.3. The molecule has 0 amide bonds. The van der Waals surface area contributed by atoms with E-state index in [-0.39, 0.29) is 5.75 Å². The number of halogens is 3. The first-order valence-corrected chi connectivity index (χ1v) is 9.38. The number of aromatic nitrogens is 1. The van der Waals surface area contributed by atoms with Crippen molar-refractivity contribution in [2.75, 3.05) is 5.32 Å². The zero-order chi connectivity index (χ0) is 21.7. The van der Waals surface area contributed by atoms with Gasteiger partial charge in [-0.1, -0.05) is 36.4 Å². The number of para-hydroxylation sites is 1. The first-order valence-electron chi connectivity index (χ1n) is 9.38. The lowest BCUT2D eigenvalue weighted by atomic mass is 10.1. The van der Waals surface area contributed by atoms with Crippen molar-refractivity contribution in [3.63, 3.8) is 0 Å². The number of pyridine rings is 1. The maximum absolute atomic E-state index is 12.5. The van der Waals surface area contributed by atoms with E-state index in [9.17, 15) is 13.2 Å². The smallest absolute Gasteiger partial charge is 0.457 e. The molecule has 1 heterocycles. The van der Waals surface area contributed by atoms with E-state index >= 15 is 0 Å². The summed E-state index contributed by atoms with van der Waals surface area (Å²) in [6.07, 6.45) is -4.74. The molecule has 0 saturated heterocycles. The van der Waals surface area contributed by atoms with Gasteiger partial charge in [0.15, 0.2) is 0 Å². The molecule has 0 aliphatic carbocycles. The number of rotatable bonds is 6. The Bertz CT molecular complexity index is 1150. The molecule has 0 radical (unpaired) electrons. The van der Waals surface area contributed by atoms with Crippen LogP contribution in [0.3, 0.4) is 0 Å². The lowest BCUT2D eigenvalue weighted by Crippen LogP contribution is -2.17. The van der Waals surface area contributed by atoms with Crippen LogP contribution in [-0.2, 0) is 0 Å². The van der Waals surface area contributed by atoms with E-state index in [2.05, 4.69) is 15.0 Å². The van der Waals surface area contributed by atoms with Crippen LogP contribution in [0.4, 0.5) is 24.7 Å². The zero-order valence-corrected chi connectivity index (χ0v) is 16.1. The Labute approximate surface area is 176 Å². The topological polar surface area (TPSA) is 43.4 Å². The number of hydrogen-bond acceptors (Lipinski definition) is 4. The molecule has 0 fully saturated rings. The molecule has 4 aromatic rings. The second-order valence-corrected chi connectivity index (χ2v) is 6.55. The van der Waals surface area contributed by atoms with Crippen molar-refractivity contribution in [2.45, 2.75) is 6.36 Å². The third-order valence-corrected chi connectivity index (χ3v) is 4.22. The zero-order valence-electron chi connectivity index (χ0n) is 16.1. The minimum Gasteiger partial charge on any atom is -0.457 e. The second kappa shape index (κ2) is 8.79. The molecule has 0 bridgehead atoms. The predicted octanol–water partition coefficient (Wildman–Crippen LogP) is 7.18. The van der Waals surface area contributed by atoms with E-state index < -0.39 is 6.36 Å². The van der Waals surface area contributed by atoms with Gasteiger partial charge in [-0.05, 0) is 60.7 Å². The number of anilines is 2. The van der Waals surface area contributed by atoms with Crippen LogP contribution in [0.5, 0.6) is 17.2 Å². The van der Waals surface area contributed by atoms with Crippen molar-refractivity contribution < 1.29 is 22.6 Å². The van der Waals surface area contributed by atoms with Crippen molar-refractivity contribution in [3.05, 3.63) is 97.1 Å². The molecule has 4 nitrogen and oxygen atoms in total. The molecule has 7 heteroatoms. The molecule has 0 saturated carbocycles. The monoisotopic (exact) mass is 422 g/mol. The molecule has 0 aliphatic rings. The van der Waals surface area contributed by atoms with Crippen LogP contribution in [0.1, 0.15) is 0 Å². The Morgan fingerprint density at radius 3 is 2.10 bits per heavy atom.